The minimum atomic E-state index is -0.0307. The Morgan fingerprint density at radius 3 is 2.67 bits per heavy atom. The van der Waals surface area contributed by atoms with Gasteiger partial charge in [0.1, 0.15) is 0 Å². The number of thioether (sulfide) groups is 1. The van der Waals surface area contributed by atoms with Crippen LogP contribution < -0.4 is 5.32 Å². The molecule has 6 heteroatoms. The molecule has 0 fully saturated rings. The molecule has 142 valence electrons. The molecule has 2 heterocycles. The van der Waals surface area contributed by atoms with Gasteiger partial charge in [-0.05, 0) is 37.8 Å². The Kier molecular flexibility index (Phi) is 6.74. The molecule has 0 aliphatic heterocycles. The highest BCUT2D eigenvalue weighted by Gasteiger charge is 2.18. The number of aryl methyl sites for hydroxylation is 2. The van der Waals surface area contributed by atoms with Gasteiger partial charge in [-0.3, -0.25) is 9.48 Å². The van der Waals surface area contributed by atoms with E-state index in [1.54, 1.807) is 11.3 Å². The molecule has 27 heavy (non-hydrogen) atoms. The van der Waals surface area contributed by atoms with E-state index in [1.807, 2.05) is 30.3 Å². The minimum Gasteiger partial charge on any atom is -0.351 e. The molecule has 0 unspecified atom stereocenters. The second-order valence-corrected chi connectivity index (χ2v) is 8.71. The van der Waals surface area contributed by atoms with E-state index < -0.39 is 0 Å². The molecule has 0 spiro atoms. The standard InChI is InChI=1S/C21H25N3OS2/c1-15-6-8-18(9-7-15)13-24-17(3)20(16(2)23-24)21(25)22-10-12-26-14-19-5-4-11-27-19/h4-9,11H,10,12-14H2,1-3H3,(H,22,25). The van der Waals surface area contributed by atoms with E-state index in [0.29, 0.717) is 18.7 Å². The first kappa shape index (κ1) is 19.7. The summed E-state index contributed by atoms with van der Waals surface area (Å²) in [6.07, 6.45) is 0. The Hall–Kier alpha value is -2.05. The monoisotopic (exact) mass is 399 g/mol. The molecule has 0 saturated carbocycles. The number of nitrogens with zero attached hydrogens (tertiary/aromatic N) is 2. The lowest BCUT2D eigenvalue weighted by Crippen LogP contribution is -2.26. The second-order valence-electron chi connectivity index (χ2n) is 6.58. The summed E-state index contributed by atoms with van der Waals surface area (Å²) in [6, 6.07) is 12.6. The molecular weight excluding hydrogens is 374 g/mol. The van der Waals surface area contributed by atoms with Gasteiger partial charge in [0.05, 0.1) is 17.8 Å². The van der Waals surface area contributed by atoms with Crippen LogP contribution in [0.3, 0.4) is 0 Å². The predicted octanol–water partition coefficient (Wildman–Crippen LogP) is 4.58. The zero-order valence-electron chi connectivity index (χ0n) is 16.0. The summed E-state index contributed by atoms with van der Waals surface area (Å²) in [5, 5.41) is 9.71. The fourth-order valence-corrected chi connectivity index (χ4v) is 4.64. The van der Waals surface area contributed by atoms with Crippen molar-refractivity contribution in [3.63, 3.8) is 0 Å². The number of nitrogens with one attached hydrogen (secondary N) is 1. The van der Waals surface area contributed by atoms with Gasteiger partial charge in [-0.1, -0.05) is 35.9 Å². The van der Waals surface area contributed by atoms with Crippen LogP contribution in [0.5, 0.6) is 0 Å². The van der Waals surface area contributed by atoms with Crippen LogP contribution in [0.4, 0.5) is 0 Å². The van der Waals surface area contributed by atoms with Crippen LogP contribution in [0.15, 0.2) is 41.8 Å². The lowest BCUT2D eigenvalue weighted by atomic mass is 10.1. The molecule has 0 aliphatic rings. The van der Waals surface area contributed by atoms with E-state index in [2.05, 4.69) is 59.1 Å². The van der Waals surface area contributed by atoms with Crippen molar-refractivity contribution in [3.05, 3.63) is 74.7 Å². The number of amides is 1. The van der Waals surface area contributed by atoms with Gasteiger partial charge in [-0.25, -0.2) is 0 Å². The van der Waals surface area contributed by atoms with Crippen LogP contribution in [0.1, 0.15) is 37.7 Å². The third-order valence-corrected chi connectivity index (χ3v) is 6.48. The van der Waals surface area contributed by atoms with E-state index in [9.17, 15) is 4.79 Å². The van der Waals surface area contributed by atoms with Crippen molar-refractivity contribution in [1.82, 2.24) is 15.1 Å². The van der Waals surface area contributed by atoms with Gasteiger partial charge in [0, 0.05) is 28.6 Å². The number of hydrogen-bond acceptors (Lipinski definition) is 4. The average Bonchev–Trinajstić information content (AvgIpc) is 3.25. The Bertz CT molecular complexity index is 883. The van der Waals surface area contributed by atoms with Gasteiger partial charge in [0.2, 0.25) is 0 Å². The molecule has 2 aromatic heterocycles. The average molecular weight is 400 g/mol. The van der Waals surface area contributed by atoms with Crippen molar-refractivity contribution >= 4 is 29.0 Å². The van der Waals surface area contributed by atoms with Crippen molar-refractivity contribution in [2.75, 3.05) is 12.3 Å². The number of hydrogen-bond donors (Lipinski definition) is 1. The van der Waals surface area contributed by atoms with Gasteiger partial charge < -0.3 is 5.32 Å². The summed E-state index contributed by atoms with van der Waals surface area (Å²) in [6.45, 7) is 7.29. The number of aromatic nitrogens is 2. The SMILES string of the molecule is Cc1ccc(Cn2nc(C)c(C(=O)NCCSCc3cccs3)c2C)cc1. The third kappa shape index (κ3) is 5.23. The van der Waals surface area contributed by atoms with E-state index in [-0.39, 0.29) is 5.91 Å². The molecule has 3 aromatic rings. The Labute approximate surface area is 169 Å². The highest BCUT2D eigenvalue weighted by molar-refractivity contribution is 7.98. The Balaban J connectivity index is 1.54. The first-order chi connectivity index (χ1) is 13.0. The summed E-state index contributed by atoms with van der Waals surface area (Å²) < 4.78 is 1.92. The maximum atomic E-state index is 12.6. The topological polar surface area (TPSA) is 46.9 Å². The maximum Gasteiger partial charge on any atom is 0.255 e. The third-order valence-electron chi connectivity index (χ3n) is 4.42. The number of benzene rings is 1. The van der Waals surface area contributed by atoms with Crippen LogP contribution in [-0.2, 0) is 12.3 Å². The van der Waals surface area contributed by atoms with Crippen molar-refractivity contribution < 1.29 is 4.79 Å². The molecule has 0 bridgehead atoms. The number of rotatable bonds is 8. The molecule has 1 aromatic carbocycles. The van der Waals surface area contributed by atoms with Gasteiger partial charge in [-0.15, -0.1) is 11.3 Å². The summed E-state index contributed by atoms with van der Waals surface area (Å²) in [4.78, 5) is 14.0. The van der Waals surface area contributed by atoms with Gasteiger partial charge >= 0.3 is 0 Å². The molecule has 0 aliphatic carbocycles. The van der Waals surface area contributed by atoms with Gasteiger partial charge in [0.15, 0.2) is 0 Å². The summed E-state index contributed by atoms with van der Waals surface area (Å²) in [5.74, 6) is 1.87. The lowest BCUT2D eigenvalue weighted by molar-refractivity contribution is 0.0955. The zero-order valence-corrected chi connectivity index (χ0v) is 17.6. The van der Waals surface area contributed by atoms with Gasteiger partial charge in [-0.2, -0.15) is 16.9 Å². The maximum absolute atomic E-state index is 12.6. The van der Waals surface area contributed by atoms with Crippen LogP contribution in [0.2, 0.25) is 0 Å². The highest BCUT2D eigenvalue weighted by Crippen LogP contribution is 2.17. The van der Waals surface area contributed by atoms with Crippen molar-refractivity contribution in [3.8, 4) is 0 Å². The molecule has 0 atom stereocenters. The van der Waals surface area contributed by atoms with Crippen LogP contribution >= 0.6 is 23.1 Å². The molecule has 0 saturated heterocycles. The molecular formula is C21H25N3OS2. The molecule has 0 radical (unpaired) electrons. The molecule has 1 N–H and O–H groups in total. The smallest absolute Gasteiger partial charge is 0.255 e. The van der Waals surface area contributed by atoms with Crippen molar-refractivity contribution in [2.24, 2.45) is 0 Å². The number of thiophene rings is 1. The van der Waals surface area contributed by atoms with Crippen molar-refractivity contribution in [2.45, 2.75) is 33.1 Å². The molecule has 1 amide bonds. The first-order valence-corrected chi connectivity index (χ1v) is 11.1. The highest BCUT2D eigenvalue weighted by atomic mass is 32.2. The minimum absolute atomic E-state index is 0.0307. The van der Waals surface area contributed by atoms with Gasteiger partial charge in [0.25, 0.3) is 5.91 Å². The van der Waals surface area contributed by atoms with E-state index in [1.165, 1.54) is 16.0 Å². The van der Waals surface area contributed by atoms with Crippen molar-refractivity contribution in [1.29, 1.82) is 0 Å². The normalized spacial score (nSPS) is 10.9. The van der Waals surface area contributed by atoms with E-state index in [4.69, 9.17) is 0 Å². The summed E-state index contributed by atoms with van der Waals surface area (Å²) in [7, 11) is 0. The molecule has 3 rings (SSSR count). The Morgan fingerprint density at radius 1 is 1.19 bits per heavy atom. The summed E-state index contributed by atoms with van der Waals surface area (Å²) >= 11 is 3.61. The van der Waals surface area contributed by atoms with E-state index >= 15 is 0 Å². The lowest BCUT2D eigenvalue weighted by Gasteiger charge is -2.07. The van der Waals surface area contributed by atoms with Crippen LogP contribution in [0.25, 0.3) is 0 Å². The number of carbonyl (C=O) groups is 1. The Morgan fingerprint density at radius 2 is 1.96 bits per heavy atom. The van der Waals surface area contributed by atoms with Crippen LogP contribution in [0, 0.1) is 20.8 Å². The quantitative estimate of drug-likeness (QED) is 0.564. The largest absolute Gasteiger partial charge is 0.351 e. The second kappa shape index (κ2) is 9.24. The van der Waals surface area contributed by atoms with Crippen LogP contribution in [-0.4, -0.2) is 28.0 Å². The summed E-state index contributed by atoms with van der Waals surface area (Å²) in [5.41, 5.74) is 4.82. The van der Waals surface area contributed by atoms with E-state index in [0.717, 1.165) is 22.9 Å². The zero-order chi connectivity index (χ0) is 19.2. The fraction of sp³-hybridized carbons (Fsp3) is 0.333. The number of carbonyl (C=O) groups excluding carboxylic acids is 1. The molecule has 4 nitrogen and oxygen atoms in total. The first-order valence-electron chi connectivity index (χ1n) is 9.02. The predicted molar refractivity (Wildman–Crippen MR) is 115 cm³/mol. The fourth-order valence-electron chi connectivity index (χ4n) is 2.94.